The molecule has 0 aliphatic heterocycles. The molecule has 3 N–H and O–H groups in total. The van der Waals surface area contributed by atoms with E-state index < -0.39 is 0 Å². The van der Waals surface area contributed by atoms with E-state index in [9.17, 15) is 0 Å². The van der Waals surface area contributed by atoms with Crippen molar-refractivity contribution in [3.63, 3.8) is 0 Å². The fraction of sp³-hybridized carbons (Fsp3) is 0.727. The summed E-state index contributed by atoms with van der Waals surface area (Å²) in [5, 5.41) is 0. The van der Waals surface area contributed by atoms with E-state index in [2.05, 4.69) is 16.9 Å². The molecule has 14 heavy (non-hydrogen) atoms. The number of hydrogen-bond acceptors (Lipinski definition) is 2. The molecule has 0 aromatic carbocycles. The second-order valence-corrected chi connectivity index (χ2v) is 4.56. The SMILES string of the molecule is CC1(c2ncc(CCCN)[nH]2)CCC1. The first kappa shape index (κ1) is 9.71. The van der Waals surface area contributed by atoms with Crippen molar-refractivity contribution in [2.75, 3.05) is 6.54 Å². The van der Waals surface area contributed by atoms with E-state index >= 15 is 0 Å². The maximum Gasteiger partial charge on any atom is 0.112 e. The maximum atomic E-state index is 5.47. The molecule has 0 atom stereocenters. The minimum absolute atomic E-state index is 0.334. The lowest BCUT2D eigenvalue weighted by molar-refractivity contribution is 0.258. The Morgan fingerprint density at radius 1 is 1.57 bits per heavy atom. The van der Waals surface area contributed by atoms with E-state index in [4.69, 9.17) is 5.73 Å². The molecule has 1 aromatic rings. The van der Waals surface area contributed by atoms with Crippen molar-refractivity contribution in [3.8, 4) is 0 Å². The molecule has 2 rings (SSSR count). The summed E-state index contributed by atoms with van der Waals surface area (Å²) >= 11 is 0. The first-order valence-corrected chi connectivity index (χ1v) is 5.49. The first-order valence-electron chi connectivity index (χ1n) is 5.49. The lowest BCUT2D eigenvalue weighted by atomic mass is 9.70. The summed E-state index contributed by atoms with van der Waals surface area (Å²) in [5.74, 6) is 1.18. The van der Waals surface area contributed by atoms with Gasteiger partial charge in [-0.25, -0.2) is 4.98 Å². The summed E-state index contributed by atoms with van der Waals surface area (Å²) in [6.45, 7) is 3.05. The Labute approximate surface area is 85.1 Å². The van der Waals surface area contributed by atoms with Crippen LogP contribution in [-0.2, 0) is 11.8 Å². The predicted molar refractivity (Wildman–Crippen MR) is 57.2 cm³/mol. The van der Waals surface area contributed by atoms with Crippen LogP contribution in [0.15, 0.2) is 6.20 Å². The monoisotopic (exact) mass is 193 g/mol. The quantitative estimate of drug-likeness (QED) is 0.765. The fourth-order valence-electron chi connectivity index (χ4n) is 2.03. The van der Waals surface area contributed by atoms with E-state index in [1.807, 2.05) is 6.20 Å². The van der Waals surface area contributed by atoms with Crippen LogP contribution < -0.4 is 5.73 Å². The molecule has 1 heterocycles. The van der Waals surface area contributed by atoms with Crippen LogP contribution in [0.1, 0.15) is 44.1 Å². The molecule has 0 amide bonds. The summed E-state index contributed by atoms with van der Waals surface area (Å²) in [7, 11) is 0. The highest BCUT2D eigenvalue weighted by Crippen LogP contribution is 2.41. The van der Waals surface area contributed by atoms with Crippen molar-refractivity contribution >= 4 is 0 Å². The Bertz CT molecular complexity index is 299. The van der Waals surface area contributed by atoms with E-state index in [0.717, 1.165) is 19.4 Å². The number of nitrogens with two attached hydrogens (primary N) is 1. The number of aryl methyl sites for hydroxylation is 1. The zero-order valence-corrected chi connectivity index (χ0v) is 8.84. The van der Waals surface area contributed by atoms with Crippen molar-refractivity contribution in [1.82, 2.24) is 9.97 Å². The molecule has 1 saturated carbocycles. The normalized spacial score (nSPS) is 19.3. The van der Waals surface area contributed by atoms with Gasteiger partial charge in [0.05, 0.1) is 0 Å². The molecule has 1 fully saturated rings. The van der Waals surface area contributed by atoms with Gasteiger partial charge >= 0.3 is 0 Å². The van der Waals surface area contributed by atoms with Crippen molar-refractivity contribution in [1.29, 1.82) is 0 Å². The van der Waals surface area contributed by atoms with Crippen LogP contribution in [0.3, 0.4) is 0 Å². The fourth-order valence-corrected chi connectivity index (χ4v) is 2.03. The van der Waals surface area contributed by atoms with Crippen LogP contribution in [0.25, 0.3) is 0 Å². The van der Waals surface area contributed by atoms with Gasteiger partial charge in [-0.05, 0) is 32.2 Å². The minimum atomic E-state index is 0.334. The molecule has 78 valence electrons. The number of nitrogens with zero attached hydrogens (tertiary/aromatic N) is 1. The predicted octanol–water partition coefficient (Wildman–Crippen LogP) is 1.74. The Balaban J connectivity index is 2.02. The summed E-state index contributed by atoms with van der Waals surface area (Å²) < 4.78 is 0. The number of imidazole rings is 1. The zero-order chi connectivity index (χ0) is 10.0. The molecule has 0 unspecified atom stereocenters. The van der Waals surface area contributed by atoms with Crippen molar-refractivity contribution in [3.05, 3.63) is 17.7 Å². The third kappa shape index (κ3) is 1.69. The van der Waals surface area contributed by atoms with Gasteiger partial charge in [0.1, 0.15) is 5.82 Å². The van der Waals surface area contributed by atoms with Crippen molar-refractivity contribution in [2.45, 2.75) is 44.4 Å². The number of H-pyrrole nitrogens is 1. The molecule has 1 aromatic heterocycles. The lowest BCUT2D eigenvalue weighted by Gasteiger charge is -2.36. The van der Waals surface area contributed by atoms with Crippen LogP contribution in [0, 0.1) is 0 Å². The smallest absolute Gasteiger partial charge is 0.112 e. The Morgan fingerprint density at radius 3 is 2.93 bits per heavy atom. The van der Waals surface area contributed by atoms with E-state index in [0.29, 0.717) is 5.41 Å². The van der Waals surface area contributed by atoms with E-state index in [-0.39, 0.29) is 0 Å². The van der Waals surface area contributed by atoms with Gasteiger partial charge in [0.15, 0.2) is 0 Å². The molecular formula is C11H19N3. The standard InChI is InChI=1S/C11H19N3/c1-11(5-3-6-11)10-13-8-9(14-10)4-2-7-12/h8H,2-7,12H2,1H3,(H,13,14). The highest BCUT2D eigenvalue weighted by molar-refractivity contribution is 5.14. The largest absolute Gasteiger partial charge is 0.345 e. The highest BCUT2D eigenvalue weighted by atomic mass is 14.9. The Morgan fingerprint density at radius 2 is 2.36 bits per heavy atom. The minimum Gasteiger partial charge on any atom is -0.345 e. The second-order valence-electron chi connectivity index (χ2n) is 4.56. The van der Waals surface area contributed by atoms with Crippen molar-refractivity contribution < 1.29 is 0 Å². The van der Waals surface area contributed by atoms with Gasteiger partial charge in [-0.1, -0.05) is 13.3 Å². The number of nitrogens with one attached hydrogen (secondary N) is 1. The summed E-state index contributed by atoms with van der Waals surface area (Å²) in [6, 6.07) is 0. The van der Waals surface area contributed by atoms with Crippen LogP contribution in [0.2, 0.25) is 0 Å². The number of hydrogen-bond donors (Lipinski definition) is 2. The van der Waals surface area contributed by atoms with Crippen LogP contribution in [-0.4, -0.2) is 16.5 Å². The average Bonchev–Trinajstić information content (AvgIpc) is 2.59. The second kappa shape index (κ2) is 3.73. The molecule has 0 bridgehead atoms. The van der Waals surface area contributed by atoms with Gasteiger partial charge in [-0.15, -0.1) is 0 Å². The Hall–Kier alpha value is -0.830. The molecular weight excluding hydrogens is 174 g/mol. The summed E-state index contributed by atoms with van der Waals surface area (Å²) in [6.07, 6.45) is 7.93. The topological polar surface area (TPSA) is 54.7 Å². The van der Waals surface area contributed by atoms with Crippen LogP contribution in [0.4, 0.5) is 0 Å². The number of rotatable bonds is 4. The van der Waals surface area contributed by atoms with Gasteiger partial charge in [-0.2, -0.15) is 0 Å². The van der Waals surface area contributed by atoms with Gasteiger partial charge in [-0.3, -0.25) is 0 Å². The highest BCUT2D eigenvalue weighted by Gasteiger charge is 2.36. The maximum absolute atomic E-state index is 5.47. The lowest BCUT2D eigenvalue weighted by Crippen LogP contribution is -2.31. The van der Waals surface area contributed by atoms with Crippen LogP contribution in [0.5, 0.6) is 0 Å². The zero-order valence-electron chi connectivity index (χ0n) is 8.84. The molecule has 0 radical (unpaired) electrons. The third-order valence-corrected chi connectivity index (χ3v) is 3.31. The molecule has 0 saturated heterocycles. The first-order chi connectivity index (χ1) is 6.74. The third-order valence-electron chi connectivity index (χ3n) is 3.31. The number of aromatic nitrogens is 2. The van der Waals surface area contributed by atoms with Gasteiger partial charge in [0, 0.05) is 17.3 Å². The molecule has 0 spiro atoms. The molecule has 1 aliphatic carbocycles. The molecule has 3 heteroatoms. The average molecular weight is 193 g/mol. The van der Waals surface area contributed by atoms with Gasteiger partial charge < -0.3 is 10.7 Å². The summed E-state index contributed by atoms with van der Waals surface area (Å²) in [5.41, 5.74) is 7.04. The van der Waals surface area contributed by atoms with E-state index in [1.54, 1.807) is 0 Å². The van der Waals surface area contributed by atoms with Gasteiger partial charge in [0.2, 0.25) is 0 Å². The van der Waals surface area contributed by atoms with Crippen molar-refractivity contribution in [2.24, 2.45) is 5.73 Å². The Kier molecular flexibility index (Phi) is 2.59. The molecule has 1 aliphatic rings. The van der Waals surface area contributed by atoms with E-state index in [1.165, 1.54) is 30.8 Å². The van der Waals surface area contributed by atoms with Gasteiger partial charge in [0.25, 0.3) is 0 Å². The van der Waals surface area contributed by atoms with Crippen LogP contribution >= 0.6 is 0 Å². The number of aromatic amines is 1. The molecule has 3 nitrogen and oxygen atoms in total. The summed E-state index contributed by atoms with van der Waals surface area (Å²) in [4.78, 5) is 7.89.